The lowest BCUT2D eigenvalue weighted by Crippen LogP contribution is -2.54. The van der Waals surface area contributed by atoms with Gasteiger partial charge < -0.3 is 14.4 Å². The van der Waals surface area contributed by atoms with Crippen LogP contribution in [0.1, 0.15) is 60.7 Å². The smallest absolute Gasteiger partial charge is 0.255 e. The summed E-state index contributed by atoms with van der Waals surface area (Å²) in [5.41, 5.74) is 2.50. The molecule has 1 aromatic heterocycles. The van der Waals surface area contributed by atoms with Gasteiger partial charge in [0.05, 0.1) is 18.3 Å². The highest BCUT2D eigenvalue weighted by Crippen LogP contribution is 2.55. The molecule has 6 heteroatoms. The number of piperidine rings is 1. The number of rotatable bonds is 1. The topological polar surface area (TPSA) is 51.7 Å². The van der Waals surface area contributed by atoms with Gasteiger partial charge in [-0.05, 0) is 75.3 Å². The van der Waals surface area contributed by atoms with Crippen molar-refractivity contribution in [3.63, 3.8) is 0 Å². The Morgan fingerprint density at radius 1 is 1.19 bits per heavy atom. The maximum absolute atomic E-state index is 12.9. The normalized spacial score (nSPS) is 26.0. The summed E-state index contributed by atoms with van der Waals surface area (Å²) in [6.45, 7) is 8.49. The van der Waals surface area contributed by atoms with Crippen molar-refractivity contribution < 1.29 is 14.3 Å². The molecule has 2 fully saturated rings. The number of hydrogen-bond acceptors (Lipinski definition) is 4. The van der Waals surface area contributed by atoms with Crippen LogP contribution < -0.4 is 4.74 Å². The molecule has 4 heterocycles. The predicted octanol–water partition coefficient (Wildman–Crippen LogP) is 5.21. The number of carbonyl (C=O) groups excluding carboxylic acids is 1. The average molecular weight is 441 g/mol. The van der Waals surface area contributed by atoms with Crippen LogP contribution in [0.5, 0.6) is 5.75 Å². The summed E-state index contributed by atoms with van der Waals surface area (Å²) >= 11 is 6.27. The quantitative estimate of drug-likeness (QED) is 0.610. The van der Waals surface area contributed by atoms with E-state index in [-0.39, 0.29) is 28.9 Å². The molecule has 0 unspecified atom stereocenters. The first-order valence-electron chi connectivity index (χ1n) is 11.1. The van der Waals surface area contributed by atoms with E-state index in [1.54, 1.807) is 12.4 Å². The zero-order valence-corrected chi connectivity index (χ0v) is 19.1. The fourth-order valence-corrected chi connectivity index (χ4v) is 5.69. The monoisotopic (exact) mass is 440 g/mol. The number of likely N-dealkylation sites (tertiary alicyclic amines) is 1. The minimum atomic E-state index is -0.320. The van der Waals surface area contributed by atoms with Crippen LogP contribution in [0.25, 0.3) is 0 Å². The van der Waals surface area contributed by atoms with E-state index in [0.717, 1.165) is 49.2 Å². The molecule has 2 atom stereocenters. The molecule has 0 N–H and O–H groups in total. The largest absolute Gasteiger partial charge is 0.487 e. The number of pyridine rings is 1. The first-order chi connectivity index (χ1) is 14.8. The lowest BCUT2D eigenvalue weighted by molar-refractivity contribution is -0.173. The van der Waals surface area contributed by atoms with Gasteiger partial charge in [-0.1, -0.05) is 11.6 Å². The molecular formula is C25H29ClN2O3. The lowest BCUT2D eigenvalue weighted by Gasteiger charge is -2.54. The molecule has 3 aliphatic rings. The van der Waals surface area contributed by atoms with Gasteiger partial charge in [-0.2, -0.15) is 0 Å². The summed E-state index contributed by atoms with van der Waals surface area (Å²) in [6, 6.07) is 7.72. The second-order valence-corrected chi connectivity index (χ2v) is 10.4. The predicted molar refractivity (Wildman–Crippen MR) is 120 cm³/mol. The molecular weight excluding hydrogens is 412 g/mol. The third kappa shape index (κ3) is 3.72. The molecule has 3 aliphatic heterocycles. The highest BCUT2D eigenvalue weighted by molar-refractivity contribution is 6.30. The maximum Gasteiger partial charge on any atom is 0.255 e. The SMILES string of the molecule is Cc1cncc(C(=O)N2CCC3(CC2)CO[C@@H]2c4cc(Cl)ccc4OC(C)(C)[C@H]2C3)c1. The fraction of sp³-hybridized carbons (Fsp3) is 0.520. The fourth-order valence-electron chi connectivity index (χ4n) is 5.51. The summed E-state index contributed by atoms with van der Waals surface area (Å²) in [5.74, 6) is 1.19. The van der Waals surface area contributed by atoms with E-state index in [1.807, 2.05) is 36.1 Å². The minimum Gasteiger partial charge on any atom is -0.487 e. The first kappa shape index (κ1) is 20.8. The van der Waals surface area contributed by atoms with Crippen LogP contribution in [0.3, 0.4) is 0 Å². The van der Waals surface area contributed by atoms with E-state index in [0.29, 0.717) is 17.2 Å². The van der Waals surface area contributed by atoms with Crippen molar-refractivity contribution in [1.82, 2.24) is 9.88 Å². The number of nitrogens with zero attached hydrogens (tertiary/aromatic N) is 2. The van der Waals surface area contributed by atoms with Gasteiger partial charge in [-0.3, -0.25) is 9.78 Å². The third-order valence-corrected chi connectivity index (χ3v) is 7.60. The molecule has 0 radical (unpaired) electrons. The number of halogens is 1. The van der Waals surface area contributed by atoms with Gasteiger partial charge in [-0.15, -0.1) is 0 Å². The van der Waals surface area contributed by atoms with Gasteiger partial charge in [0.25, 0.3) is 5.91 Å². The van der Waals surface area contributed by atoms with Crippen LogP contribution in [-0.4, -0.2) is 41.1 Å². The molecule has 164 valence electrons. The van der Waals surface area contributed by atoms with E-state index in [2.05, 4.69) is 18.8 Å². The van der Waals surface area contributed by atoms with Gasteiger partial charge in [-0.25, -0.2) is 0 Å². The molecule has 0 bridgehead atoms. The Bertz CT molecular complexity index is 1010. The molecule has 0 aliphatic carbocycles. The Morgan fingerprint density at radius 2 is 1.97 bits per heavy atom. The molecule has 1 spiro atoms. The van der Waals surface area contributed by atoms with Crippen LogP contribution in [0.15, 0.2) is 36.7 Å². The summed E-state index contributed by atoms with van der Waals surface area (Å²) < 4.78 is 12.9. The number of ether oxygens (including phenoxy) is 2. The standard InChI is InChI=1S/C25H29ClN2O3/c1-16-10-17(14-27-13-16)23(29)28-8-6-25(7-9-28)12-20-22(30-15-25)19-11-18(26)4-5-21(19)31-24(20,2)3/h4-5,10-11,13-14,20,22H,6-9,12,15H2,1-3H3/t20-,22+/m0/s1. The van der Waals surface area contributed by atoms with Crippen LogP contribution in [0, 0.1) is 18.3 Å². The number of fused-ring (bicyclic) bond motifs is 3. The second kappa shape index (κ2) is 7.49. The molecule has 5 rings (SSSR count). The van der Waals surface area contributed by atoms with E-state index in [1.165, 1.54) is 0 Å². The van der Waals surface area contributed by atoms with Crippen molar-refractivity contribution in [2.24, 2.45) is 11.3 Å². The van der Waals surface area contributed by atoms with Crippen LogP contribution in [0.4, 0.5) is 0 Å². The Labute approximate surface area is 188 Å². The zero-order valence-electron chi connectivity index (χ0n) is 18.4. The molecule has 2 saturated heterocycles. The van der Waals surface area contributed by atoms with Crippen molar-refractivity contribution in [2.75, 3.05) is 19.7 Å². The van der Waals surface area contributed by atoms with Crippen molar-refractivity contribution in [1.29, 1.82) is 0 Å². The number of benzene rings is 1. The number of hydrogen-bond donors (Lipinski definition) is 0. The van der Waals surface area contributed by atoms with Crippen molar-refractivity contribution in [3.8, 4) is 5.75 Å². The van der Waals surface area contributed by atoms with Crippen molar-refractivity contribution in [3.05, 3.63) is 58.4 Å². The number of carbonyl (C=O) groups is 1. The van der Waals surface area contributed by atoms with Gasteiger partial charge in [0.2, 0.25) is 0 Å². The molecule has 5 nitrogen and oxygen atoms in total. The lowest BCUT2D eigenvalue weighted by atomic mass is 9.64. The number of aryl methyl sites for hydroxylation is 1. The van der Waals surface area contributed by atoms with Crippen LogP contribution in [-0.2, 0) is 4.74 Å². The molecule has 2 aromatic rings. The van der Waals surface area contributed by atoms with E-state index >= 15 is 0 Å². The van der Waals surface area contributed by atoms with E-state index < -0.39 is 0 Å². The number of aromatic nitrogens is 1. The van der Waals surface area contributed by atoms with Gasteiger partial charge in [0.1, 0.15) is 11.4 Å². The Morgan fingerprint density at radius 3 is 2.71 bits per heavy atom. The van der Waals surface area contributed by atoms with Gasteiger partial charge in [0, 0.05) is 42.0 Å². The minimum absolute atomic E-state index is 0.00102. The molecule has 1 amide bonds. The highest BCUT2D eigenvalue weighted by atomic mass is 35.5. The summed E-state index contributed by atoms with van der Waals surface area (Å²) in [7, 11) is 0. The Kier molecular flexibility index (Phi) is 5.02. The second-order valence-electron chi connectivity index (χ2n) is 9.97. The van der Waals surface area contributed by atoms with E-state index in [9.17, 15) is 4.79 Å². The zero-order chi connectivity index (χ0) is 21.8. The van der Waals surface area contributed by atoms with Crippen LogP contribution in [0.2, 0.25) is 5.02 Å². The summed E-state index contributed by atoms with van der Waals surface area (Å²) in [4.78, 5) is 19.1. The maximum atomic E-state index is 12.9. The van der Waals surface area contributed by atoms with E-state index in [4.69, 9.17) is 21.1 Å². The molecule has 31 heavy (non-hydrogen) atoms. The summed E-state index contributed by atoms with van der Waals surface area (Å²) in [6.07, 6.45) is 6.36. The Balaban J connectivity index is 1.32. The Hall–Kier alpha value is -2.11. The summed E-state index contributed by atoms with van der Waals surface area (Å²) in [5, 5.41) is 0.710. The van der Waals surface area contributed by atoms with Crippen LogP contribution >= 0.6 is 11.6 Å². The first-order valence-corrected chi connectivity index (χ1v) is 11.5. The van der Waals surface area contributed by atoms with Crippen molar-refractivity contribution in [2.45, 2.75) is 51.7 Å². The highest BCUT2D eigenvalue weighted by Gasteiger charge is 2.53. The van der Waals surface area contributed by atoms with Gasteiger partial charge in [0.15, 0.2) is 0 Å². The molecule has 1 aromatic carbocycles. The van der Waals surface area contributed by atoms with Gasteiger partial charge >= 0.3 is 0 Å². The number of amides is 1. The third-order valence-electron chi connectivity index (χ3n) is 7.37. The molecule has 0 saturated carbocycles. The average Bonchev–Trinajstić information content (AvgIpc) is 2.74. The van der Waals surface area contributed by atoms with Crippen molar-refractivity contribution >= 4 is 17.5 Å².